The van der Waals surface area contributed by atoms with Gasteiger partial charge >= 0.3 is 12.4 Å². The quantitative estimate of drug-likeness (QED) is 0.766. The Morgan fingerprint density at radius 2 is 1.59 bits per heavy atom. The molecule has 1 aliphatic heterocycles. The number of amides is 1. The molecular formula is C15H16F6N2O3S. The third kappa shape index (κ3) is 5.58. The molecule has 1 atom stereocenters. The maximum Gasteiger partial charge on any atom is 0.416 e. The molecule has 2 rings (SSSR count). The molecule has 1 aromatic rings. The van der Waals surface area contributed by atoms with E-state index < -0.39 is 51.0 Å². The Balaban J connectivity index is 2.26. The summed E-state index contributed by atoms with van der Waals surface area (Å²) < 4.78 is 101. The van der Waals surface area contributed by atoms with Crippen LogP contribution in [0.2, 0.25) is 0 Å². The number of hydrogen-bond acceptors (Lipinski definition) is 3. The summed E-state index contributed by atoms with van der Waals surface area (Å²) in [7, 11) is -3.56. The van der Waals surface area contributed by atoms with E-state index in [9.17, 15) is 39.6 Å². The second-order valence-corrected chi connectivity index (χ2v) is 8.23. The van der Waals surface area contributed by atoms with E-state index in [1.807, 2.05) is 5.32 Å². The zero-order valence-electron chi connectivity index (χ0n) is 14.0. The van der Waals surface area contributed by atoms with Gasteiger partial charge < -0.3 is 5.32 Å². The molecule has 0 bridgehead atoms. The Labute approximate surface area is 151 Å². The number of carbonyl (C=O) groups is 1. The van der Waals surface area contributed by atoms with Gasteiger partial charge in [-0.25, -0.2) is 12.7 Å². The Morgan fingerprint density at radius 1 is 1.07 bits per heavy atom. The topological polar surface area (TPSA) is 66.5 Å². The first-order valence-electron chi connectivity index (χ1n) is 7.73. The molecule has 12 heteroatoms. The molecule has 1 N–H and O–H groups in total. The van der Waals surface area contributed by atoms with Crippen molar-refractivity contribution in [1.82, 2.24) is 4.31 Å². The fourth-order valence-corrected chi connectivity index (χ4v) is 3.64. The molecule has 0 aromatic heterocycles. The Bertz CT molecular complexity index is 788. The minimum Gasteiger partial charge on any atom is -0.326 e. The second kappa shape index (κ2) is 7.30. The Kier molecular flexibility index (Phi) is 5.81. The molecular weight excluding hydrogens is 402 g/mol. The molecule has 1 amide bonds. The summed E-state index contributed by atoms with van der Waals surface area (Å²) in [4.78, 5) is 12.3. The molecule has 1 aromatic carbocycles. The lowest BCUT2D eigenvalue weighted by atomic mass is 9.98. The van der Waals surface area contributed by atoms with Gasteiger partial charge in [0.15, 0.2) is 0 Å². The Hall–Kier alpha value is -1.82. The number of carbonyl (C=O) groups excluding carboxylic acids is 1. The lowest BCUT2D eigenvalue weighted by Gasteiger charge is -2.30. The van der Waals surface area contributed by atoms with Gasteiger partial charge in [-0.2, -0.15) is 26.3 Å². The number of hydrogen-bond donors (Lipinski definition) is 1. The van der Waals surface area contributed by atoms with Gasteiger partial charge in [0.1, 0.15) is 0 Å². The van der Waals surface area contributed by atoms with Crippen molar-refractivity contribution in [2.45, 2.75) is 25.2 Å². The van der Waals surface area contributed by atoms with E-state index in [1.165, 1.54) is 0 Å². The molecule has 0 aliphatic carbocycles. The van der Waals surface area contributed by atoms with Crippen molar-refractivity contribution in [2.24, 2.45) is 5.92 Å². The van der Waals surface area contributed by atoms with Gasteiger partial charge in [-0.05, 0) is 31.0 Å². The number of sulfonamides is 1. The number of nitrogens with zero attached hydrogens (tertiary/aromatic N) is 1. The van der Waals surface area contributed by atoms with Crippen molar-refractivity contribution in [2.75, 3.05) is 24.7 Å². The number of rotatable bonds is 3. The average Bonchev–Trinajstić information content (AvgIpc) is 2.52. The molecule has 0 saturated carbocycles. The van der Waals surface area contributed by atoms with E-state index in [1.54, 1.807) is 0 Å². The van der Waals surface area contributed by atoms with Crippen molar-refractivity contribution in [3.05, 3.63) is 29.3 Å². The third-order valence-electron chi connectivity index (χ3n) is 4.08. The third-order valence-corrected chi connectivity index (χ3v) is 5.35. The van der Waals surface area contributed by atoms with Crippen LogP contribution in [-0.2, 0) is 27.2 Å². The summed E-state index contributed by atoms with van der Waals surface area (Å²) in [6, 6.07) is 0.774. The highest BCUT2D eigenvalue weighted by Gasteiger charge is 2.37. The molecule has 1 fully saturated rings. The van der Waals surface area contributed by atoms with Gasteiger partial charge in [0, 0.05) is 18.8 Å². The molecule has 0 unspecified atom stereocenters. The smallest absolute Gasteiger partial charge is 0.326 e. The molecule has 0 radical (unpaired) electrons. The molecule has 5 nitrogen and oxygen atoms in total. The number of halogens is 6. The zero-order chi connectivity index (χ0) is 20.6. The van der Waals surface area contributed by atoms with Crippen LogP contribution in [0, 0.1) is 5.92 Å². The SMILES string of the molecule is CS(=O)(=O)N1CCC[C@@H](C(=O)Nc2cc(C(F)(F)F)cc(C(F)(F)F)c2)C1. The monoisotopic (exact) mass is 418 g/mol. The van der Waals surface area contributed by atoms with E-state index in [2.05, 4.69) is 0 Å². The van der Waals surface area contributed by atoms with Crippen LogP contribution in [0.1, 0.15) is 24.0 Å². The summed E-state index contributed by atoms with van der Waals surface area (Å²) in [5.41, 5.74) is -3.75. The van der Waals surface area contributed by atoms with Gasteiger partial charge in [0.2, 0.25) is 15.9 Å². The standard InChI is InChI=1S/C15H16F6N2O3S/c1-27(25,26)23-4-2-3-9(8-23)13(24)22-12-6-10(14(16,17)18)5-11(7-12)15(19,20)21/h5-7,9H,2-4,8H2,1H3,(H,22,24)/t9-/m1/s1. The number of alkyl halides is 6. The van der Waals surface area contributed by atoms with Crippen LogP contribution in [0.15, 0.2) is 18.2 Å². The first-order chi connectivity index (χ1) is 12.2. The Morgan fingerprint density at radius 3 is 2.04 bits per heavy atom. The summed E-state index contributed by atoms with van der Waals surface area (Å²) in [6.07, 6.45) is -8.49. The van der Waals surface area contributed by atoms with Crippen LogP contribution in [0.3, 0.4) is 0 Å². The van der Waals surface area contributed by atoms with Gasteiger partial charge in [-0.3, -0.25) is 4.79 Å². The van der Waals surface area contributed by atoms with Crippen LogP contribution in [0.5, 0.6) is 0 Å². The summed E-state index contributed by atoms with van der Waals surface area (Å²) in [5, 5.41) is 2.05. The molecule has 152 valence electrons. The predicted octanol–water partition coefficient (Wildman–Crippen LogP) is 3.33. The largest absolute Gasteiger partial charge is 0.416 e. The van der Waals surface area contributed by atoms with Crippen molar-refractivity contribution >= 4 is 21.6 Å². The van der Waals surface area contributed by atoms with Crippen LogP contribution >= 0.6 is 0 Å². The minimum absolute atomic E-state index is 0.0400. The molecule has 1 saturated heterocycles. The number of anilines is 1. The summed E-state index contributed by atoms with van der Waals surface area (Å²) in [6.45, 7) is 0.0140. The highest BCUT2D eigenvalue weighted by atomic mass is 32.2. The number of nitrogens with one attached hydrogen (secondary N) is 1. The minimum atomic E-state index is -5.03. The maximum absolute atomic E-state index is 12.9. The van der Waals surface area contributed by atoms with Gasteiger partial charge in [-0.15, -0.1) is 0 Å². The fraction of sp³-hybridized carbons (Fsp3) is 0.533. The normalized spacial score (nSPS) is 19.7. The van der Waals surface area contributed by atoms with Gasteiger partial charge in [0.05, 0.1) is 23.3 Å². The van der Waals surface area contributed by atoms with Crippen LogP contribution in [-0.4, -0.2) is 38.0 Å². The van der Waals surface area contributed by atoms with E-state index in [0.717, 1.165) is 10.6 Å². The molecule has 1 aliphatic rings. The van der Waals surface area contributed by atoms with E-state index in [-0.39, 0.29) is 25.6 Å². The van der Waals surface area contributed by atoms with Crippen molar-refractivity contribution in [1.29, 1.82) is 0 Å². The van der Waals surface area contributed by atoms with Gasteiger partial charge in [0.25, 0.3) is 0 Å². The predicted molar refractivity (Wildman–Crippen MR) is 84.2 cm³/mol. The number of piperidine rings is 1. The second-order valence-electron chi connectivity index (χ2n) is 6.24. The highest BCUT2D eigenvalue weighted by Crippen LogP contribution is 2.37. The van der Waals surface area contributed by atoms with E-state index in [4.69, 9.17) is 0 Å². The van der Waals surface area contributed by atoms with Crippen molar-refractivity contribution in [3.63, 3.8) is 0 Å². The van der Waals surface area contributed by atoms with Gasteiger partial charge in [-0.1, -0.05) is 0 Å². The maximum atomic E-state index is 12.9. The molecule has 27 heavy (non-hydrogen) atoms. The zero-order valence-corrected chi connectivity index (χ0v) is 14.8. The van der Waals surface area contributed by atoms with E-state index in [0.29, 0.717) is 18.6 Å². The van der Waals surface area contributed by atoms with Crippen LogP contribution in [0.4, 0.5) is 32.0 Å². The van der Waals surface area contributed by atoms with Crippen LogP contribution < -0.4 is 5.32 Å². The van der Waals surface area contributed by atoms with Crippen LogP contribution in [0.25, 0.3) is 0 Å². The molecule has 1 heterocycles. The van der Waals surface area contributed by atoms with E-state index >= 15 is 0 Å². The highest BCUT2D eigenvalue weighted by molar-refractivity contribution is 7.88. The lowest BCUT2D eigenvalue weighted by Crippen LogP contribution is -2.43. The first-order valence-corrected chi connectivity index (χ1v) is 9.58. The summed E-state index contributed by atoms with van der Waals surface area (Å²) in [5.74, 6) is -1.71. The van der Waals surface area contributed by atoms with Crippen molar-refractivity contribution in [3.8, 4) is 0 Å². The first kappa shape index (κ1) is 21.5. The average molecular weight is 418 g/mol. The fourth-order valence-electron chi connectivity index (χ4n) is 2.73. The lowest BCUT2D eigenvalue weighted by molar-refractivity contribution is -0.143. The number of benzene rings is 1. The summed E-state index contributed by atoms with van der Waals surface area (Å²) >= 11 is 0. The van der Waals surface area contributed by atoms with Crippen molar-refractivity contribution < 1.29 is 39.6 Å². The molecule has 0 spiro atoms.